The van der Waals surface area contributed by atoms with Crippen LogP contribution in [0.5, 0.6) is 5.75 Å². The summed E-state index contributed by atoms with van der Waals surface area (Å²) in [5, 5.41) is 15.3. The molecule has 57 heavy (non-hydrogen) atoms. The van der Waals surface area contributed by atoms with Crippen LogP contribution in [0.2, 0.25) is 5.02 Å². The summed E-state index contributed by atoms with van der Waals surface area (Å²) in [6.45, 7) is 7.01. The number of carbonyl (C=O) groups is 4. The average molecular weight is 847 g/mol. The van der Waals surface area contributed by atoms with Crippen LogP contribution in [-0.4, -0.2) is 115 Å². The van der Waals surface area contributed by atoms with E-state index >= 15 is 0 Å². The standard InChI is InChI=1S/C40H51ClN4O10S2/c1-23-12-11-13-30(52-8)40(50)22-29(53-38(49)43-40)24(2)36-39(4,55-36)31(21-34(47)45(6)27-19-26(18-23)20-28(51-7)35(27)41)54-37(48)25(3)44(5)33(46)15-17-56-57-32-14-9-10-16-42-32/h9-14,16,19-20,24-25,29-31,36,50H,15,17-18,21-22H2,1-8H3,(H,43,49)/b13-11+,23-12-/t24-,25-,29+,30-,31+,36+,39-,40+/m1/s1. The van der Waals surface area contributed by atoms with Crippen molar-refractivity contribution in [3.63, 3.8) is 0 Å². The van der Waals surface area contributed by atoms with Crippen LogP contribution in [0.25, 0.3) is 0 Å². The minimum absolute atomic E-state index is 0.0553. The van der Waals surface area contributed by atoms with Gasteiger partial charge in [-0.2, -0.15) is 0 Å². The summed E-state index contributed by atoms with van der Waals surface area (Å²) < 4.78 is 29.3. The molecular formula is C40H51ClN4O10S2. The van der Waals surface area contributed by atoms with E-state index in [4.69, 9.17) is 35.3 Å². The molecule has 0 spiro atoms. The number of pyridine rings is 1. The number of methoxy groups -OCH3 is 2. The van der Waals surface area contributed by atoms with Crippen molar-refractivity contribution in [3.05, 3.63) is 70.9 Å². The minimum atomic E-state index is -1.83. The molecule has 14 nitrogen and oxygen atoms in total. The van der Waals surface area contributed by atoms with E-state index in [2.05, 4.69) is 10.3 Å². The highest BCUT2D eigenvalue weighted by Crippen LogP contribution is 2.49. The van der Waals surface area contributed by atoms with Gasteiger partial charge in [0.25, 0.3) is 0 Å². The number of carbonyl (C=O) groups excluding carboxylic acids is 4. The fourth-order valence-corrected chi connectivity index (χ4v) is 9.19. The SMILES string of the molecule is COc1cc2cc(c1Cl)N(C)C(=O)C[C@H](OC(=O)[C@@H](C)N(C)C(=O)CCSSc1ccccn1)[C@@]1(C)O[C@H]1[C@H](C)[C@@H]1C[C@@](O)(NC(=O)O1)[C@H](OC)/C=C/C=C(/C)C2. The monoisotopic (exact) mass is 846 g/mol. The number of ether oxygens (including phenoxy) is 5. The lowest BCUT2D eigenvalue weighted by molar-refractivity contribution is -0.162. The highest BCUT2D eigenvalue weighted by molar-refractivity contribution is 8.76. The number of aromatic nitrogens is 1. The summed E-state index contributed by atoms with van der Waals surface area (Å²) in [5.74, 6) is -1.11. The van der Waals surface area contributed by atoms with Crippen molar-refractivity contribution in [3.8, 4) is 5.75 Å². The Balaban J connectivity index is 1.43. The third-order valence-corrected chi connectivity index (χ3v) is 13.4. The van der Waals surface area contributed by atoms with Crippen LogP contribution in [0.15, 0.2) is 65.4 Å². The van der Waals surface area contributed by atoms with E-state index in [1.54, 1.807) is 58.3 Å². The molecule has 2 aromatic rings. The van der Waals surface area contributed by atoms with Crippen LogP contribution in [0, 0.1) is 5.92 Å². The zero-order chi connectivity index (χ0) is 41.7. The number of allylic oxidation sites excluding steroid dienone is 3. The Morgan fingerprint density at radius 2 is 2.00 bits per heavy atom. The number of nitrogens with one attached hydrogen (secondary N) is 1. The van der Waals surface area contributed by atoms with Crippen LogP contribution in [0.3, 0.4) is 0 Å². The normalized spacial score (nSPS) is 29.8. The van der Waals surface area contributed by atoms with Crippen molar-refractivity contribution in [2.24, 2.45) is 5.92 Å². The van der Waals surface area contributed by atoms with Crippen molar-refractivity contribution in [2.45, 2.75) is 100 Å². The van der Waals surface area contributed by atoms with E-state index in [9.17, 15) is 24.3 Å². The van der Waals surface area contributed by atoms with Crippen LogP contribution >= 0.6 is 33.2 Å². The van der Waals surface area contributed by atoms with Gasteiger partial charge in [0, 0.05) is 51.9 Å². The molecule has 4 bridgehead atoms. The zero-order valence-electron chi connectivity index (χ0n) is 33.4. The number of rotatable bonds is 10. The molecule has 1 aromatic carbocycles. The lowest BCUT2D eigenvalue weighted by Gasteiger charge is -2.42. The van der Waals surface area contributed by atoms with Gasteiger partial charge in [-0.1, -0.05) is 59.2 Å². The average Bonchev–Trinajstić information content (AvgIpc) is 3.88. The molecule has 310 valence electrons. The fraction of sp³-hybridized carbons (Fsp3) is 0.525. The number of hydrogen-bond donors (Lipinski definition) is 2. The molecule has 0 aliphatic carbocycles. The molecule has 8 atom stereocenters. The topological polar surface area (TPSA) is 169 Å². The molecule has 1 aromatic heterocycles. The Hall–Kier alpha value is -3.80. The largest absolute Gasteiger partial charge is 0.495 e. The number of anilines is 1. The molecule has 3 aliphatic heterocycles. The molecule has 4 heterocycles. The van der Waals surface area contributed by atoms with E-state index in [-0.39, 0.29) is 30.2 Å². The van der Waals surface area contributed by atoms with Gasteiger partial charge in [-0.3, -0.25) is 14.9 Å². The Morgan fingerprint density at radius 3 is 2.68 bits per heavy atom. The van der Waals surface area contributed by atoms with Gasteiger partial charge in [-0.15, -0.1) is 0 Å². The summed E-state index contributed by atoms with van der Waals surface area (Å²) in [6, 6.07) is 8.19. The maximum Gasteiger partial charge on any atom is 0.409 e. The van der Waals surface area contributed by atoms with Crippen LogP contribution in [0.1, 0.15) is 52.5 Å². The Labute approximate surface area is 346 Å². The van der Waals surface area contributed by atoms with E-state index in [1.165, 1.54) is 52.7 Å². The first-order valence-corrected chi connectivity index (χ1v) is 21.3. The summed E-state index contributed by atoms with van der Waals surface area (Å²) in [7, 11) is 8.97. The number of epoxide rings is 1. The third kappa shape index (κ3) is 10.4. The predicted molar refractivity (Wildman–Crippen MR) is 218 cm³/mol. The first kappa shape index (κ1) is 44.3. The van der Waals surface area contributed by atoms with Crippen molar-refractivity contribution in [1.29, 1.82) is 0 Å². The van der Waals surface area contributed by atoms with Crippen LogP contribution in [-0.2, 0) is 39.8 Å². The van der Waals surface area contributed by atoms with Crippen LogP contribution in [0.4, 0.5) is 10.5 Å². The number of alkyl carbamates (subject to hydrolysis) is 1. The zero-order valence-corrected chi connectivity index (χ0v) is 35.7. The number of hydrogen-bond acceptors (Lipinski definition) is 13. The maximum atomic E-state index is 14.2. The number of benzene rings is 1. The molecule has 2 N–H and O–H groups in total. The van der Waals surface area contributed by atoms with E-state index in [1.807, 2.05) is 31.2 Å². The lowest BCUT2D eigenvalue weighted by Crippen LogP contribution is -2.63. The highest BCUT2D eigenvalue weighted by Gasteiger charge is 2.64. The van der Waals surface area contributed by atoms with Crippen molar-refractivity contribution in [1.82, 2.24) is 15.2 Å². The van der Waals surface area contributed by atoms with E-state index in [0.717, 1.165) is 16.2 Å². The lowest BCUT2D eigenvalue weighted by atomic mass is 9.83. The van der Waals surface area contributed by atoms with E-state index < -0.39 is 65.7 Å². The number of halogens is 1. The first-order chi connectivity index (χ1) is 27.0. The van der Waals surface area contributed by atoms with E-state index in [0.29, 0.717) is 23.6 Å². The summed E-state index contributed by atoms with van der Waals surface area (Å²) >= 11 is 6.78. The van der Waals surface area contributed by atoms with Crippen molar-refractivity contribution >= 4 is 62.8 Å². The number of amides is 3. The Kier molecular flexibility index (Phi) is 14.7. The van der Waals surface area contributed by atoms with Crippen molar-refractivity contribution in [2.75, 3.05) is 39.0 Å². The Morgan fingerprint density at radius 1 is 1.25 bits per heavy atom. The molecule has 17 heteroatoms. The predicted octanol–water partition coefficient (Wildman–Crippen LogP) is 5.74. The molecule has 5 rings (SSSR count). The quantitative estimate of drug-likeness (QED) is 0.129. The van der Waals surface area contributed by atoms with Gasteiger partial charge in [-0.25, -0.2) is 14.6 Å². The number of fused-ring (bicyclic) bond motifs is 5. The molecular weight excluding hydrogens is 796 g/mol. The summed E-state index contributed by atoms with van der Waals surface area (Å²) in [5.41, 5.74) is -0.941. The van der Waals surface area contributed by atoms with Gasteiger partial charge < -0.3 is 38.6 Å². The van der Waals surface area contributed by atoms with Gasteiger partial charge in [0.1, 0.15) is 45.8 Å². The van der Waals surface area contributed by atoms with Gasteiger partial charge >= 0.3 is 12.1 Å². The number of nitrogens with zero attached hydrogens (tertiary/aromatic N) is 3. The van der Waals surface area contributed by atoms with Crippen molar-refractivity contribution < 1.29 is 48.0 Å². The summed E-state index contributed by atoms with van der Waals surface area (Å²) in [6.07, 6.45) is 2.76. The second-order valence-electron chi connectivity index (χ2n) is 14.7. The number of aliphatic hydroxyl groups is 1. The molecule has 3 amide bonds. The van der Waals surface area contributed by atoms with Gasteiger partial charge in [-0.05, 0) is 67.8 Å². The summed E-state index contributed by atoms with van der Waals surface area (Å²) in [4.78, 5) is 61.1. The Bertz CT molecular complexity index is 1870. The number of likely N-dealkylation sites (N-methyl/N-ethyl adjacent to an activating group) is 1. The first-order valence-electron chi connectivity index (χ1n) is 18.6. The number of esters is 1. The second-order valence-corrected chi connectivity index (χ2v) is 17.5. The maximum absolute atomic E-state index is 14.2. The molecule has 2 fully saturated rings. The van der Waals surface area contributed by atoms with Gasteiger partial charge in [0.05, 0.1) is 25.3 Å². The van der Waals surface area contributed by atoms with Gasteiger partial charge in [0.2, 0.25) is 11.8 Å². The molecule has 3 aliphatic rings. The molecule has 0 saturated carbocycles. The second kappa shape index (κ2) is 18.9. The molecule has 2 saturated heterocycles. The smallest absolute Gasteiger partial charge is 0.409 e. The fourth-order valence-electron chi connectivity index (χ4n) is 7.02. The minimum Gasteiger partial charge on any atom is -0.495 e. The highest BCUT2D eigenvalue weighted by atomic mass is 35.5. The van der Waals surface area contributed by atoms with Crippen LogP contribution < -0.4 is 15.0 Å². The van der Waals surface area contributed by atoms with Gasteiger partial charge in [0.15, 0.2) is 5.72 Å². The molecule has 0 unspecified atom stereocenters. The molecule has 0 radical (unpaired) electrons. The third-order valence-electron chi connectivity index (χ3n) is 10.7.